The summed E-state index contributed by atoms with van der Waals surface area (Å²) < 4.78 is 1.37. The van der Waals surface area contributed by atoms with Crippen molar-refractivity contribution < 1.29 is 14.7 Å². The van der Waals surface area contributed by atoms with Crippen LogP contribution < -0.4 is 10.9 Å². The number of carbonyl (C=O) groups is 2. The summed E-state index contributed by atoms with van der Waals surface area (Å²) in [4.78, 5) is 37.4. The van der Waals surface area contributed by atoms with E-state index in [0.29, 0.717) is 5.69 Å². The van der Waals surface area contributed by atoms with Crippen molar-refractivity contribution in [2.75, 3.05) is 0 Å². The lowest BCUT2D eigenvalue weighted by Crippen LogP contribution is -2.39. The fourth-order valence-corrected chi connectivity index (χ4v) is 1.96. The van der Waals surface area contributed by atoms with Crippen LogP contribution in [-0.4, -0.2) is 37.8 Å². The minimum Gasteiger partial charge on any atom is -0.479 e. The van der Waals surface area contributed by atoms with Crippen molar-refractivity contribution in [3.8, 4) is 5.69 Å². The lowest BCUT2D eigenvalue weighted by atomic mass is 9.95. The van der Waals surface area contributed by atoms with Gasteiger partial charge in [0, 0.05) is 18.5 Å². The van der Waals surface area contributed by atoms with Gasteiger partial charge in [0.25, 0.3) is 5.91 Å². The van der Waals surface area contributed by atoms with Gasteiger partial charge in [0.05, 0.1) is 17.4 Å². The molecule has 0 fully saturated rings. The van der Waals surface area contributed by atoms with E-state index in [2.05, 4.69) is 15.4 Å². The van der Waals surface area contributed by atoms with Crippen molar-refractivity contribution in [1.82, 2.24) is 20.1 Å². The van der Waals surface area contributed by atoms with E-state index in [1.165, 1.54) is 35.4 Å². The molecule has 1 amide bonds. The first-order valence-corrected chi connectivity index (χ1v) is 7.62. The van der Waals surface area contributed by atoms with Gasteiger partial charge in [-0.1, -0.05) is 32.9 Å². The van der Waals surface area contributed by atoms with Crippen molar-refractivity contribution in [2.45, 2.75) is 26.8 Å². The fourth-order valence-electron chi connectivity index (χ4n) is 1.96. The monoisotopic (exact) mass is 344 g/mol. The van der Waals surface area contributed by atoms with Crippen LogP contribution in [0.5, 0.6) is 0 Å². The van der Waals surface area contributed by atoms with E-state index in [9.17, 15) is 19.5 Å². The number of allylic oxidation sites excluding steroid dienone is 1. The van der Waals surface area contributed by atoms with E-state index in [1.807, 2.05) is 20.8 Å². The summed E-state index contributed by atoms with van der Waals surface area (Å²) in [5, 5.41) is 15.7. The molecule has 0 aromatic carbocycles. The lowest BCUT2D eigenvalue weighted by molar-refractivity contribution is -0.137. The Morgan fingerprint density at radius 3 is 2.72 bits per heavy atom. The van der Waals surface area contributed by atoms with Gasteiger partial charge in [0.2, 0.25) is 5.56 Å². The van der Waals surface area contributed by atoms with E-state index in [4.69, 9.17) is 0 Å². The lowest BCUT2D eigenvalue weighted by Gasteiger charge is -2.14. The maximum atomic E-state index is 12.3. The van der Waals surface area contributed by atoms with Crippen molar-refractivity contribution in [1.29, 1.82) is 0 Å². The van der Waals surface area contributed by atoms with Gasteiger partial charge < -0.3 is 15.4 Å². The fraction of sp³-hybridized carbons (Fsp3) is 0.294. The third-order valence-corrected chi connectivity index (χ3v) is 3.21. The van der Waals surface area contributed by atoms with Crippen molar-refractivity contribution >= 4 is 11.9 Å². The van der Waals surface area contributed by atoms with E-state index in [0.717, 1.165) is 0 Å². The third-order valence-electron chi connectivity index (χ3n) is 3.21. The van der Waals surface area contributed by atoms with Gasteiger partial charge in [-0.05, 0) is 11.5 Å². The molecule has 3 N–H and O–H groups in total. The number of aromatic amines is 1. The molecule has 2 aromatic rings. The molecule has 0 unspecified atom stereocenters. The van der Waals surface area contributed by atoms with E-state index in [-0.39, 0.29) is 16.5 Å². The summed E-state index contributed by atoms with van der Waals surface area (Å²) in [7, 11) is 0. The molecule has 0 saturated heterocycles. The molecule has 1 atom stereocenters. The van der Waals surface area contributed by atoms with Crippen LogP contribution in [0.15, 0.2) is 47.7 Å². The molecule has 0 aliphatic rings. The predicted octanol–water partition coefficient (Wildman–Crippen LogP) is 1.35. The number of aliphatic carboxylic acids is 1. The first-order valence-electron chi connectivity index (χ1n) is 7.62. The highest BCUT2D eigenvalue weighted by Gasteiger charge is 2.20. The van der Waals surface area contributed by atoms with Crippen LogP contribution in [-0.2, 0) is 4.79 Å². The van der Waals surface area contributed by atoms with Crippen LogP contribution in [0.4, 0.5) is 0 Å². The number of carbonyl (C=O) groups excluding carboxylic acids is 1. The maximum Gasteiger partial charge on any atom is 0.330 e. The molecule has 0 aliphatic carbocycles. The van der Waals surface area contributed by atoms with Crippen molar-refractivity contribution in [3.63, 3.8) is 0 Å². The Hall–Kier alpha value is -3.16. The van der Waals surface area contributed by atoms with Gasteiger partial charge in [-0.2, -0.15) is 5.10 Å². The van der Waals surface area contributed by atoms with Gasteiger partial charge >= 0.3 is 5.97 Å². The number of aromatic nitrogens is 3. The van der Waals surface area contributed by atoms with Crippen LogP contribution in [0.3, 0.4) is 0 Å². The Morgan fingerprint density at radius 1 is 1.40 bits per heavy atom. The molecule has 0 radical (unpaired) electrons. The standard InChI is InChI=1S/C17H20N4O4/c1-17(2,3)6-4-13(16(24)25)20-15(23)11-9-19-21(10-11)12-5-7-18-14(22)8-12/h4-10,13H,1-3H3,(H,18,22)(H,20,23)(H,24,25)/b6-4+/t13-/m1/s1. The molecule has 0 saturated carbocycles. The zero-order valence-electron chi connectivity index (χ0n) is 14.2. The van der Waals surface area contributed by atoms with Crippen LogP contribution in [0.2, 0.25) is 0 Å². The Morgan fingerprint density at radius 2 is 2.12 bits per heavy atom. The molecule has 132 valence electrons. The number of H-pyrrole nitrogens is 1. The molecular weight excluding hydrogens is 324 g/mol. The summed E-state index contributed by atoms with van der Waals surface area (Å²) in [5.74, 6) is -1.72. The highest BCUT2D eigenvalue weighted by Crippen LogP contribution is 2.15. The van der Waals surface area contributed by atoms with Crippen molar-refractivity contribution in [2.24, 2.45) is 5.41 Å². The third kappa shape index (κ3) is 5.17. The van der Waals surface area contributed by atoms with Gasteiger partial charge in [0.15, 0.2) is 0 Å². The first-order chi connectivity index (χ1) is 11.7. The minimum atomic E-state index is -1.16. The highest BCUT2D eigenvalue weighted by atomic mass is 16.4. The van der Waals surface area contributed by atoms with Gasteiger partial charge in [-0.15, -0.1) is 0 Å². The molecule has 2 aromatic heterocycles. The molecule has 0 bridgehead atoms. The zero-order chi connectivity index (χ0) is 18.6. The largest absolute Gasteiger partial charge is 0.479 e. The molecule has 0 spiro atoms. The zero-order valence-corrected chi connectivity index (χ0v) is 14.2. The molecule has 8 heteroatoms. The summed E-state index contributed by atoms with van der Waals surface area (Å²) in [6.07, 6.45) is 7.38. The Kier molecular flexibility index (Phi) is 5.21. The Bertz CT molecular complexity index is 858. The molecule has 2 rings (SSSR count). The van der Waals surface area contributed by atoms with Gasteiger partial charge in [-0.3, -0.25) is 9.59 Å². The summed E-state index contributed by atoms with van der Waals surface area (Å²) >= 11 is 0. The quantitative estimate of drug-likeness (QED) is 0.708. The SMILES string of the molecule is CC(C)(C)/C=C/[C@@H](NC(=O)c1cnn(-c2cc[nH]c(=O)c2)c1)C(=O)O. The normalized spacial score (nSPS) is 12.9. The summed E-state index contributed by atoms with van der Waals surface area (Å²) in [6.45, 7) is 5.78. The number of carboxylic acids is 1. The Balaban J connectivity index is 2.16. The smallest absolute Gasteiger partial charge is 0.330 e. The van der Waals surface area contributed by atoms with Crippen LogP contribution in [0, 0.1) is 5.41 Å². The highest BCUT2D eigenvalue weighted by molar-refractivity contribution is 5.96. The number of hydrogen-bond acceptors (Lipinski definition) is 4. The summed E-state index contributed by atoms with van der Waals surface area (Å²) in [6, 6.07) is 1.82. The topological polar surface area (TPSA) is 117 Å². The molecule has 2 heterocycles. The van der Waals surface area contributed by atoms with E-state index < -0.39 is 17.9 Å². The second-order valence-corrected chi connectivity index (χ2v) is 6.60. The predicted molar refractivity (Wildman–Crippen MR) is 91.7 cm³/mol. The van der Waals surface area contributed by atoms with E-state index >= 15 is 0 Å². The number of rotatable bonds is 5. The average Bonchev–Trinajstić information content (AvgIpc) is 3.00. The van der Waals surface area contributed by atoms with Crippen LogP contribution >= 0.6 is 0 Å². The van der Waals surface area contributed by atoms with Gasteiger partial charge in [0.1, 0.15) is 6.04 Å². The number of nitrogens with zero attached hydrogens (tertiary/aromatic N) is 2. The average molecular weight is 344 g/mol. The maximum absolute atomic E-state index is 12.3. The number of carboxylic acid groups (broad SMARTS) is 1. The molecule has 0 aliphatic heterocycles. The number of amides is 1. The summed E-state index contributed by atoms with van der Waals surface area (Å²) in [5.41, 5.74) is 0.183. The number of hydrogen-bond donors (Lipinski definition) is 3. The second kappa shape index (κ2) is 7.16. The van der Waals surface area contributed by atoms with E-state index in [1.54, 1.807) is 12.1 Å². The molecule has 8 nitrogen and oxygen atoms in total. The second-order valence-electron chi connectivity index (χ2n) is 6.60. The number of nitrogens with one attached hydrogen (secondary N) is 2. The molecule has 25 heavy (non-hydrogen) atoms. The minimum absolute atomic E-state index is 0.190. The molecular formula is C17H20N4O4. The van der Waals surface area contributed by atoms with Gasteiger partial charge in [-0.25, -0.2) is 9.48 Å². The number of pyridine rings is 1. The van der Waals surface area contributed by atoms with Crippen LogP contribution in [0.1, 0.15) is 31.1 Å². The Labute approximate surface area is 144 Å². The van der Waals surface area contributed by atoms with Crippen molar-refractivity contribution in [3.05, 3.63) is 58.8 Å². The first kappa shape index (κ1) is 18.2. The van der Waals surface area contributed by atoms with Crippen LogP contribution in [0.25, 0.3) is 5.69 Å².